The van der Waals surface area contributed by atoms with Crippen molar-refractivity contribution in [3.8, 4) is 0 Å². The van der Waals surface area contributed by atoms with Gasteiger partial charge in [0.15, 0.2) is 0 Å². The number of imidazole rings is 1. The molecule has 2 atom stereocenters. The summed E-state index contributed by atoms with van der Waals surface area (Å²) in [6.07, 6.45) is 5.53. The largest absolute Gasteiger partial charge is 0.508 e. The first-order valence-corrected chi connectivity index (χ1v) is 10.9. The predicted molar refractivity (Wildman–Crippen MR) is 109 cm³/mol. The third kappa shape index (κ3) is 4.03. The molecule has 4 saturated carbocycles. The molecule has 2 unspecified atom stereocenters. The first kappa shape index (κ1) is 20.0. The second-order valence-corrected chi connectivity index (χ2v) is 9.21. The molecule has 0 radical (unpaired) electrons. The number of Topliss-reactive ketones (excluding diaryl/α,β-unsaturated/α-hetero) is 1. The van der Waals surface area contributed by atoms with Gasteiger partial charge in [-0.3, -0.25) is 9.59 Å². The second kappa shape index (κ2) is 7.98. The lowest BCUT2D eigenvalue weighted by Crippen LogP contribution is -2.53. The van der Waals surface area contributed by atoms with Gasteiger partial charge in [0.2, 0.25) is 0 Å². The lowest BCUT2D eigenvalue weighted by molar-refractivity contribution is -0.152. The lowest BCUT2D eigenvalue weighted by atomic mass is 9.49. The Morgan fingerprint density at radius 3 is 2.58 bits per heavy atom. The maximum absolute atomic E-state index is 12.3. The molecule has 6 rings (SSSR count). The van der Waals surface area contributed by atoms with Crippen LogP contribution in [0.5, 0.6) is 0 Å². The molecule has 2 aromatic rings. The van der Waals surface area contributed by atoms with Crippen molar-refractivity contribution in [2.75, 3.05) is 19.8 Å². The third-order valence-electron chi connectivity index (χ3n) is 7.01. The van der Waals surface area contributed by atoms with E-state index < -0.39 is 12.1 Å². The van der Waals surface area contributed by atoms with Crippen molar-refractivity contribution >= 4 is 28.9 Å². The summed E-state index contributed by atoms with van der Waals surface area (Å²) < 4.78 is 17.3. The number of para-hydroxylation sites is 2. The Morgan fingerprint density at radius 1 is 1.03 bits per heavy atom. The molecule has 4 aliphatic carbocycles. The van der Waals surface area contributed by atoms with E-state index in [4.69, 9.17) is 14.2 Å². The van der Waals surface area contributed by atoms with Crippen LogP contribution in [0.15, 0.2) is 30.6 Å². The number of esters is 1. The molecule has 4 bridgehead atoms. The number of rotatable bonds is 7. The Balaban J connectivity index is 1.02. The van der Waals surface area contributed by atoms with Crippen molar-refractivity contribution in [1.29, 1.82) is 0 Å². The van der Waals surface area contributed by atoms with Crippen LogP contribution in [0.1, 0.15) is 32.1 Å². The Labute approximate surface area is 179 Å². The van der Waals surface area contributed by atoms with Gasteiger partial charge in [-0.1, -0.05) is 12.1 Å². The van der Waals surface area contributed by atoms with Crippen LogP contribution in [0.4, 0.5) is 4.79 Å². The van der Waals surface area contributed by atoms with Crippen molar-refractivity contribution in [3.63, 3.8) is 0 Å². The minimum Gasteiger partial charge on any atom is -0.461 e. The maximum Gasteiger partial charge on any atom is 0.508 e. The molecule has 0 amide bonds. The number of hydrogen-bond donors (Lipinski definition) is 0. The molecular weight excluding hydrogens is 400 g/mol. The van der Waals surface area contributed by atoms with Crippen LogP contribution in [-0.4, -0.2) is 47.3 Å². The standard InChI is InChI=1S/C23H26N2O6/c26-20(12-25-14-24-18-3-1-2-4-19(18)25)29-5-6-30-22(28)31-13-23-9-15-7-16(10-23)21(27)17(8-15)11-23/h1-4,14-17H,5-13H2. The van der Waals surface area contributed by atoms with Crippen molar-refractivity contribution in [3.05, 3.63) is 30.6 Å². The number of carbonyl (C=O) groups excluding carboxylic acids is 3. The summed E-state index contributed by atoms with van der Waals surface area (Å²) in [6.45, 7) is 0.243. The predicted octanol–water partition coefficient (Wildman–Crippen LogP) is 3.13. The summed E-state index contributed by atoms with van der Waals surface area (Å²) in [7, 11) is 0. The quantitative estimate of drug-likeness (QED) is 0.496. The molecule has 0 spiro atoms. The first-order valence-electron chi connectivity index (χ1n) is 10.9. The monoisotopic (exact) mass is 426 g/mol. The average molecular weight is 426 g/mol. The zero-order valence-corrected chi connectivity index (χ0v) is 17.3. The van der Waals surface area contributed by atoms with E-state index >= 15 is 0 Å². The highest BCUT2D eigenvalue weighted by Gasteiger charge is 2.55. The van der Waals surface area contributed by atoms with Crippen LogP contribution in [-0.2, 0) is 30.3 Å². The number of carbonyl (C=O) groups is 3. The molecule has 0 N–H and O–H groups in total. The molecule has 1 aromatic carbocycles. The van der Waals surface area contributed by atoms with E-state index in [1.165, 1.54) is 0 Å². The highest BCUT2D eigenvalue weighted by molar-refractivity contribution is 5.85. The van der Waals surface area contributed by atoms with Crippen molar-refractivity contribution < 1.29 is 28.6 Å². The van der Waals surface area contributed by atoms with Gasteiger partial charge < -0.3 is 18.8 Å². The molecule has 8 nitrogen and oxygen atoms in total. The second-order valence-electron chi connectivity index (χ2n) is 9.21. The van der Waals surface area contributed by atoms with Crippen molar-refractivity contribution in [2.45, 2.75) is 38.6 Å². The molecule has 164 valence electrons. The number of benzene rings is 1. The fraction of sp³-hybridized carbons (Fsp3) is 0.565. The molecule has 0 saturated heterocycles. The summed E-state index contributed by atoms with van der Waals surface area (Å²) in [5.74, 6) is 0.871. The van der Waals surface area contributed by atoms with Crippen LogP contribution in [0.2, 0.25) is 0 Å². The highest BCUT2D eigenvalue weighted by atomic mass is 16.7. The Morgan fingerprint density at radius 2 is 1.77 bits per heavy atom. The Hall–Kier alpha value is -2.90. The van der Waals surface area contributed by atoms with Crippen LogP contribution >= 0.6 is 0 Å². The first-order chi connectivity index (χ1) is 15.0. The highest BCUT2D eigenvalue weighted by Crippen LogP contribution is 2.58. The molecule has 0 aliphatic heterocycles. The number of fused-ring (bicyclic) bond motifs is 1. The van der Waals surface area contributed by atoms with Gasteiger partial charge in [-0.25, -0.2) is 9.78 Å². The van der Waals surface area contributed by atoms with E-state index in [0.717, 1.165) is 43.1 Å². The van der Waals surface area contributed by atoms with Crippen molar-refractivity contribution in [2.24, 2.45) is 23.2 Å². The van der Waals surface area contributed by atoms with E-state index in [1.54, 1.807) is 10.9 Å². The van der Waals surface area contributed by atoms with Gasteiger partial charge in [0.1, 0.15) is 32.1 Å². The molecule has 8 heteroatoms. The van der Waals surface area contributed by atoms with Crippen molar-refractivity contribution in [1.82, 2.24) is 9.55 Å². The molecule has 1 heterocycles. The minimum atomic E-state index is -0.751. The summed E-state index contributed by atoms with van der Waals surface area (Å²) in [5, 5.41) is 0. The van der Waals surface area contributed by atoms with Gasteiger partial charge in [0.05, 0.1) is 17.4 Å². The summed E-state index contributed by atoms with van der Waals surface area (Å²) in [6, 6.07) is 7.52. The zero-order valence-electron chi connectivity index (χ0n) is 17.3. The van der Waals surface area contributed by atoms with E-state index in [0.29, 0.717) is 18.3 Å². The number of hydrogen-bond acceptors (Lipinski definition) is 7. The number of nitrogens with zero attached hydrogens (tertiary/aromatic N) is 2. The molecule has 4 aliphatic rings. The van der Waals surface area contributed by atoms with Gasteiger partial charge >= 0.3 is 12.1 Å². The van der Waals surface area contributed by atoms with E-state index in [9.17, 15) is 14.4 Å². The van der Waals surface area contributed by atoms with Gasteiger partial charge in [-0.05, 0) is 50.2 Å². The third-order valence-corrected chi connectivity index (χ3v) is 7.01. The normalized spacial score (nSPS) is 28.6. The van der Waals surface area contributed by atoms with Gasteiger partial charge in [0.25, 0.3) is 0 Å². The Kier molecular flexibility index (Phi) is 5.16. The fourth-order valence-electron chi connectivity index (χ4n) is 5.94. The molecular formula is C23H26N2O6. The van der Waals surface area contributed by atoms with E-state index in [2.05, 4.69) is 4.98 Å². The van der Waals surface area contributed by atoms with Gasteiger partial charge in [-0.2, -0.15) is 0 Å². The molecule has 1 aromatic heterocycles. The smallest absolute Gasteiger partial charge is 0.461 e. The number of ether oxygens (including phenoxy) is 3. The average Bonchev–Trinajstić information content (AvgIpc) is 3.16. The van der Waals surface area contributed by atoms with Crippen LogP contribution in [0.3, 0.4) is 0 Å². The van der Waals surface area contributed by atoms with Gasteiger partial charge in [0, 0.05) is 17.3 Å². The van der Waals surface area contributed by atoms with E-state index in [1.807, 2.05) is 24.3 Å². The molecule has 4 fully saturated rings. The Bertz CT molecular complexity index is 996. The number of ketones is 1. The lowest BCUT2D eigenvalue weighted by Gasteiger charge is -2.55. The zero-order chi connectivity index (χ0) is 21.4. The van der Waals surface area contributed by atoms with Crippen LogP contribution < -0.4 is 0 Å². The minimum absolute atomic E-state index is 0.0353. The SMILES string of the molecule is O=C(Cn1cnc2ccccc21)OCCOC(=O)OCC12CC3CC(C1)C(=O)C(C3)C2. The topological polar surface area (TPSA) is 96.7 Å². The van der Waals surface area contributed by atoms with Gasteiger partial charge in [-0.15, -0.1) is 0 Å². The fourth-order valence-corrected chi connectivity index (χ4v) is 5.94. The number of aromatic nitrogens is 2. The molecule has 31 heavy (non-hydrogen) atoms. The summed E-state index contributed by atoms with van der Waals surface area (Å²) in [5.41, 5.74) is 1.60. The van der Waals surface area contributed by atoms with Crippen LogP contribution in [0.25, 0.3) is 11.0 Å². The summed E-state index contributed by atoms with van der Waals surface area (Å²) >= 11 is 0. The maximum atomic E-state index is 12.3. The summed E-state index contributed by atoms with van der Waals surface area (Å²) in [4.78, 5) is 40.5. The van der Waals surface area contributed by atoms with Crippen LogP contribution in [0, 0.1) is 23.2 Å². The van der Waals surface area contributed by atoms with E-state index in [-0.39, 0.29) is 37.0 Å².